The molecule has 0 radical (unpaired) electrons. The second-order valence-corrected chi connectivity index (χ2v) is 2.74. The average Bonchev–Trinajstić information content (AvgIpc) is 2.07. The standard InChI is InChI=1S/C11H19N/c1-5-9-12(10-6-2)11(7-3)8-4/h5-7,11H,1-3,8-10H2,4H3. The number of nitrogens with zero attached hydrogens (tertiary/aromatic N) is 1. The quantitative estimate of drug-likeness (QED) is 0.524. The van der Waals surface area contributed by atoms with Gasteiger partial charge in [-0.05, 0) is 6.42 Å². The van der Waals surface area contributed by atoms with Gasteiger partial charge in [0.2, 0.25) is 0 Å². The Balaban J connectivity index is 4.12. The third-order valence-electron chi connectivity index (χ3n) is 1.89. The van der Waals surface area contributed by atoms with Crippen LogP contribution in [0.1, 0.15) is 13.3 Å². The first-order valence-electron chi connectivity index (χ1n) is 4.38. The summed E-state index contributed by atoms with van der Waals surface area (Å²) in [6.45, 7) is 15.2. The summed E-state index contributed by atoms with van der Waals surface area (Å²) in [5, 5.41) is 0. The van der Waals surface area contributed by atoms with Gasteiger partial charge in [0.15, 0.2) is 0 Å². The van der Waals surface area contributed by atoms with Gasteiger partial charge < -0.3 is 0 Å². The van der Waals surface area contributed by atoms with E-state index >= 15 is 0 Å². The normalized spacial score (nSPS) is 12.5. The Morgan fingerprint density at radius 3 is 1.92 bits per heavy atom. The summed E-state index contributed by atoms with van der Waals surface area (Å²) in [6.07, 6.45) is 6.89. The van der Waals surface area contributed by atoms with Gasteiger partial charge in [-0.2, -0.15) is 0 Å². The van der Waals surface area contributed by atoms with E-state index in [-0.39, 0.29) is 0 Å². The molecule has 1 atom stereocenters. The Morgan fingerprint density at radius 2 is 1.67 bits per heavy atom. The van der Waals surface area contributed by atoms with Crippen LogP contribution in [0.2, 0.25) is 0 Å². The first-order chi connectivity index (χ1) is 5.79. The number of hydrogen-bond acceptors (Lipinski definition) is 1. The predicted octanol–water partition coefficient (Wildman–Crippen LogP) is 2.63. The maximum atomic E-state index is 3.81. The van der Waals surface area contributed by atoms with Crippen molar-refractivity contribution < 1.29 is 0 Å². The van der Waals surface area contributed by atoms with E-state index in [0.29, 0.717) is 6.04 Å². The SMILES string of the molecule is C=CCN(CC=C)C(C=C)CC. The van der Waals surface area contributed by atoms with Gasteiger partial charge in [-0.15, -0.1) is 19.7 Å². The van der Waals surface area contributed by atoms with Gasteiger partial charge in [0.05, 0.1) is 0 Å². The van der Waals surface area contributed by atoms with Crippen LogP contribution in [-0.4, -0.2) is 24.0 Å². The number of rotatable bonds is 7. The van der Waals surface area contributed by atoms with E-state index in [4.69, 9.17) is 0 Å². The van der Waals surface area contributed by atoms with Gasteiger partial charge in [-0.25, -0.2) is 0 Å². The molecule has 0 aromatic rings. The van der Waals surface area contributed by atoms with Crippen LogP contribution in [0.25, 0.3) is 0 Å². The van der Waals surface area contributed by atoms with E-state index in [2.05, 4.69) is 31.6 Å². The predicted molar refractivity (Wildman–Crippen MR) is 56.2 cm³/mol. The van der Waals surface area contributed by atoms with Crippen molar-refractivity contribution in [3.63, 3.8) is 0 Å². The molecule has 12 heavy (non-hydrogen) atoms. The summed E-state index contributed by atoms with van der Waals surface area (Å²) in [6, 6.07) is 0.445. The van der Waals surface area contributed by atoms with Crippen molar-refractivity contribution >= 4 is 0 Å². The Kier molecular flexibility index (Phi) is 6.39. The molecule has 1 heteroatoms. The van der Waals surface area contributed by atoms with E-state index in [1.165, 1.54) is 0 Å². The zero-order valence-electron chi connectivity index (χ0n) is 8.00. The molecule has 0 aromatic heterocycles. The summed E-state index contributed by atoms with van der Waals surface area (Å²) in [5.41, 5.74) is 0. The molecular weight excluding hydrogens is 146 g/mol. The molecule has 0 spiro atoms. The monoisotopic (exact) mass is 165 g/mol. The average molecular weight is 165 g/mol. The molecule has 0 heterocycles. The minimum absolute atomic E-state index is 0.445. The summed E-state index contributed by atoms with van der Waals surface area (Å²) < 4.78 is 0. The van der Waals surface area contributed by atoms with Crippen molar-refractivity contribution in [3.05, 3.63) is 38.0 Å². The minimum Gasteiger partial charge on any atom is -0.290 e. The molecule has 0 aromatic carbocycles. The highest BCUT2D eigenvalue weighted by molar-refractivity contribution is 4.92. The van der Waals surface area contributed by atoms with Gasteiger partial charge in [-0.1, -0.05) is 25.2 Å². The molecule has 68 valence electrons. The molecule has 1 unspecified atom stereocenters. The Morgan fingerprint density at radius 1 is 1.17 bits per heavy atom. The van der Waals surface area contributed by atoms with E-state index < -0.39 is 0 Å². The lowest BCUT2D eigenvalue weighted by atomic mass is 10.2. The topological polar surface area (TPSA) is 3.24 Å². The van der Waals surface area contributed by atoms with Crippen molar-refractivity contribution in [2.24, 2.45) is 0 Å². The van der Waals surface area contributed by atoms with Crippen LogP contribution < -0.4 is 0 Å². The fraction of sp³-hybridized carbons (Fsp3) is 0.455. The lowest BCUT2D eigenvalue weighted by molar-refractivity contribution is 0.275. The van der Waals surface area contributed by atoms with E-state index in [1.807, 2.05) is 18.2 Å². The second-order valence-electron chi connectivity index (χ2n) is 2.74. The van der Waals surface area contributed by atoms with Crippen LogP contribution in [0.15, 0.2) is 38.0 Å². The minimum atomic E-state index is 0.445. The summed E-state index contributed by atoms with van der Waals surface area (Å²) >= 11 is 0. The lowest BCUT2D eigenvalue weighted by Crippen LogP contribution is -2.33. The summed E-state index contributed by atoms with van der Waals surface area (Å²) in [5.74, 6) is 0. The third-order valence-corrected chi connectivity index (χ3v) is 1.89. The molecule has 0 aliphatic rings. The molecule has 0 amide bonds. The van der Waals surface area contributed by atoms with Crippen LogP contribution in [0, 0.1) is 0 Å². The molecule has 0 fully saturated rings. The molecule has 0 rings (SSSR count). The van der Waals surface area contributed by atoms with E-state index in [1.54, 1.807) is 0 Å². The molecule has 0 bridgehead atoms. The van der Waals surface area contributed by atoms with E-state index in [9.17, 15) is 0 Å². The third kappa shape index (κ3) is 3.54. The molecule has 0 aliphatic heterocycles. The molecule has 0 aliphatic carbocycles. The van der Waals surface area contributed by atoms with Crippen molar-refractivity contribution in [3.8, 4) is 0 Å². The Bertz CT molecular complexity index is 139. The van der Waals surface area contributed by atoms with Gasteiger partial charge in [0.25, 0.3) is 0 Å². The highest BCUT2D eigenvalue weighted by atomic mass is 15.1. The Hall–Kier alpha value is -0.820. The second kappa shape index (κ2) is 6.86. The summed E-state index contributed by atoms with van der Waals surface area (Å²) in [4.78, 5) is 2.28. The molecule has 0 saturated carbocycles. The fourth-order valence-corrected chi connectivity index (χ4v) is 1.25. The van der Waals surface area contributed by atoms with Crippen LogP contribution in [0.4, 0.5) is 0 Å². The van der Waals surface area contributed by atoms with Crippen LogP contribution in [-0.2, 0) is 0 Å². The maximum absolute atomic E-state index is 3.81. The van der Waals surface area contributed by atoms with Gasteiger partial charge in [0, 0.05) is 19.1 Å². The van der Waals surface area contributed by atoms with Crippen LogP contribution in [0.3, 0.4) is 0 Å². The largest absolute Gasteiger partial charge is 0.290 e. The van der Waals surface area contributed by atoms with Crippen molar-refractivity contribution in [2.45, 2.75) is 19.4 Å². The van der Waals surface area contributed by atoms with Crippen molar-refractivity contribution in [1.29, 1.82) is 0 Å². The smallest absolute Gasteiger partial charge is 0.0279 e. The first-order valence-corrected chi connectivity index (χ1v) is 4.38. The zero-order chi connectivity index (χ0) is 9.40. The highest BCUT2D eigenvalue weighted by Crippen LogP contribution is 2.04. The van der Waals surface area contributed by atoms with E-state index in [0.717, 1.165) is 19.5 Å². The van der Waals surface area contributed by atoms with Gasteiger partial charge >= 0.3 is 0 Å². The van der Waals surface area contributed by atoms with Crippen molar-refractivity contribution in [2.75, 3.05) is 13.1 Å². The number of hydrogen-bond donors (Lipinski definition) is 0. The Labute approximate surface area is 76.1 Å². The van der Waals surface area contributed by atoms with Gasteiger partial charge in [-0.3, -0.25) is 4.90 Å². The summed E-state index contributed by atoms with van der Waals surface area (Å²) in [7, 11) is 0. The highest BCUT2D eigenvalue weighted by Gasteiger charge is 2.09. The molecule has 0 N–H and O–H groups in total. The molecular formula is C11H19N. The fourth-order valence-electron chi connectivity index (χ4n) is 1.25. The maximum Gasteiger partial charge on any atom is 0.0279 e. The van der Waals surface area contributed by atoms with Crippen molar-refractivity contribution in [1.82, 2.24) is 4.90 Å². The van der Waals surface area contributed by atoms with Gasteiger partial charge in [0.1, 0.15) is 0 Å². The molecule has 0 saturated heterocycles. The zero-order valence-corrected chi connectivity index (χ0v) is 8.00. The van der Waals surface area contributed by atoms with Crippen LogP contribution >= 0.6 is 0 Å². The molecule has 1 nitrogen and oxygen atoms in total. The van der Waals surface area contributed by atoms with Crippen LogP contribution in [0.5, 0.6) is 0 Å². The first kappa shape index (κ1) is 11.2. The lowest BCUT2D eigenvalue weighted by Gasteiger charge is -2.26.